The topological polar surface area (TPSA) is 130 Å². The third-order valence-electron chi connectivity index (χ3n) is 5.62. The van der Waals surface area contributed by atoms with E-state index in [0.717, 1.165) is 24.1 Å². The summed E-state index contributed by atoms with van der Waals surface area (Å²) >= 11 is 13.0. The predicted octanol–water partition coefficient (Wildman–Crippen LogP) is 2.93. The zero-order valence-corrected chi connectivity index (χ0v) is 18.5. The first-order valence-electron chi connectivity index (χ1n) is 10.1. The quantitative estimate of drug-likeness (QED) is 0.576. The summed E-state index contributed by atoms with van der Waals surface area (Å²) in [7, 11) is 0. The highest BCUT2D eigenvalue weighted by Crippen LogP contribution is 2.43. The van der Waals surface area contributed by atoms with Crippen LogP contribution < -0.4 is 21.7 Å². The van der Waals surface area contributed by atoms with Gasteiger partial charge >= 0.3 is 0 Å². The fourth-order valence-corrected chi connectivity index (χ4v) is 4.34. The summed E-state index contributed by atoms with van der Waals surface area (Å²) in [6.07, 6.45) is 6.15. The van der Waals surface area contributed by atoms with Gasteiger partial charge in [0.15, 0.2) is 5.82 Å². The molecular weight excluding hydrogens is 449 g/mol. The second-order valence-corrected chi connectivity index (χ2v) is 8.71. The highest BCUT2D eigenvalue weighted by Gasteiger charge is 2.42. The van der Waals surface area contributed by atoms with Gasteiger partial charge in [-0.25, -0.2) is 20.0 Å². The molecule has 32 heavy (non-hydrogen) atoms. The van der Waals surface area contributed by atoms with Crippen molar-refractivity contribution in [2.75, 3.05) is 10.6 Å². The molecule has 2 aliphatic heterocycles. The van der Waals surface area contributed by atoms with E-state index in [4.69, 9.17) is 39.7 Å². The fourth-order valence-electron chi connectivity index (χ4n) is 3.87. The SMILES string of the molecule is C=C1c2c(Cl)cccc2N=C([C@@H](NC2N=CN=C(N)C2Cl)C2CC2)N1c1cnc(N)cn1. The predicted molar refractivity (Wildman–Crippen MR) is 130 cm³/mol. The summed E-state index contributed by atoms with van der Waals surface area (Å²) in [6.45, 7) is 4.32. The average molecular weight is 470 g/mol. The molecule has 1 fully saturated rings. The van der Waals surface area contributed by atoms with Gasteiger partial charge in [-0.3, -0.25) is 15.2 Å². The summed E-state index contributed by atoms with van der Waals surface area (Å²) in [5.41, 5.74) is 13.8. The minimum atomic E-state index is -0.569. The molecule has 0 spiro atoms. The van der Waals surface area contributed by atoms with E-state index in [9.17, 15) is 0 Å². The molecule has 0 bridgehead atoms. The van der Waals surface area contributed by atoms with Gasteiger partial charge in [-0.05, 0) is 30.9 Å². The van der Waals surface area contributed by atoms with Crippen LogP contribution in [0.2, 0.25) is 5.02 Å². The Bertz CT molecular complexity index is 1150. The van der Waals surface area contributed by atoms with Crippen molar-refractivity contribution in [1.82, 2.24) is 15.3 Å². The number of halogens is 2. The summed E-state index contributed by atoms with van der Waals surface area (Å²) in [5.74, 6) is 2.23. The summed E-state index contributed by atoms with van der Waals surface area (Å²) in [4.78, 5) is 23.9. The molecule has 2 unspecified atom stereocenters. The minimum absolute atomic E-state index is 0.187. The normalized spacial score (nSPS) is 23.4. The van der Waals surface area contributed by atoms with Gasteiger partial charge in [0.2, 0.25) is 0 Å². The van der Waals surface area contributed by atoms with Crippen molar-refractivity contribution < 1.29 is 0 Å². The molecule has 1 aromatic heterocycles. The molecule has 2 aromatic rings. The lowest BCUT2D eigenvalue weighted by Crippen LogP contribution is -2.55. The Labute approximate surface area is 195 Å². The third-order valence-corrected chi connectivity index (χ3v) is 6.39. The first-order valence-corrected chi connectivity index (χ1v) is 10.9. The number of nitrogens with zero attached hydrogens (tertiary/aromatic N) is 6. The van der Waals surface area contributed by atoms with E-state index in [-0.39, 0.29) is 6.04 Å². The molecule has 11 heteroatoms. The number of fused-ring (bicyclic) bond motifs is 1. The maximum atomic E-state index is 6.52. The number of rotatable bonds is 5. The van der Waals surface area contributed by atoms with Gasteiger partial charge in [0.05, 0.1) is 34.8 Å². The standard InChI is InChI=1S/C21H21Cl2N9/c1-10-16-12(22)3-2-4-13(16)30-21(32(10)15-8-26-14(24)7-27-15)18(11-5-6-11)31-20-17(23)19(25)28-9-29-20/h2-4,7-9,11,17-18,20,31H,1,5-6H2,(H2,24,26)(H2,25,28,29)/t17?,18-,20?/m0/s1. The lowest BCUT2D eigenvalue weighted by Gasteiger charge is -2.37. The average Bonchev–Trinajstić information content (AvgIpc) is 3.61. The van der Waals surface area contributed by atoms with Crippen LogP contribution in [-0.2, 0) is 0 Å². The maximum absolute atomic E-state index is 6.52. The number of hydrogen-bond donors (Lipinski definition) is 3. The second-order valence-electron chi connectivity index (χ2n) is 7.83. The van der Waals surface area contributed by atoms with Crippen molar-refractivity contribution in [3.05, 3.63) is 47.8 Å². The number of aromatic nitrogens is 2. The Balaban J connectivity index is 1.60. The third kappa shape index (κ3) is 3.72. The molecule has 3 aliphatic rings. The molecule has 3 atom stereocenters. The molecule has 5 N–H and O–H groups in total. The Kier molecular flexibility index (Phi) is 5.32. The highest BCUT2D eigenvalue weighted by molar-refractivity contribution is 6.34. The van der Waals surface area contributed by atoms with Crippen molar-refractivity contribution >= 4 is 64.2 Å². The van der Waals surface area contributed by atoms with Crippen LogP contribution in [0, 0.1) is 5.92 Å². The van der Waals surface area contributed by atoms with Crippen molar-refractivity contribution in [2.24, 2.45) is 26.6 Å². The van der Waals surface area contributed by atoms with Crippen molar-refractivity contribution in [3.8, 4) is 0 Å². The number of anilines is 2. The van der Waals surface area contributed by atoms with Crippen LogP contribution in [-0.4, -0.2) is 45.6 Å². The number of nitrogens with one attached hydrogen (secondary N) is 1. The largest absolute Gasteiger partial charge is 0.386 e. The highest BCUT2D eigenvalue weighted by atomic mass is 35.5. The summed E-state index contributed by atoms with van der Waals surface area (Å²) < 4.78 is 0. The number of alkyl halides is 1. The van der Waals surface area contributed by atoms with E-state index in [2.05, 4.69) is 31.8 Å². The summed E-state index contributed by atoms with van der Waals surface area (Å²) in [6, 6.07) is 5.40. The van der Waals surface area contributed by atoms with Crippen molar-refractivity contribution in [2.45, 2.75) is 30.4 Å². The van der Waals surface area contributed by atoms with Crippen LogP contribution in [0.5, 0.6) is 0 Å². The van der Waals surface area contributed by atoms with Gasteiger partial charge in [0, 0.05) is 5.56 Å². The van der Waals surface area contributed by atoms with Gasteiger partial charge in [0.25, 0.3) is 0 Å². The minimum Gasteiger partial charge on any atom is -0.386 e. The first kappa shape index (κ1) is 20.9. The van der Waals surface area contributed by atoms with E-state index in [1.54, 1.807) is 6.20 Å². The molecule has 3 heterocycles. The number of aliphatic imine (C=N–C) groups is 3. The van der Waals surface area contributed by atoms with E-state index < -0.39 is 11.5 Å². The molecule has 0 saturated heterocycles. The number of nitrogens with two attached hydrogens (primary N) is 2. The van der Waals surface area contributed by atoms with Crippen LogP contribution in [0.25, 0.3) is 5.70 Å². The second kappa shape index (κ2) is 8.16. The maximum Gasteiger partial charge on any atom is 0.157 e. The van der Waals surface area contributed by atoms with Crippen molar-refractivity contribution in [1.29, 1.82) is 0 Å². The number of amidine groups is 2. The molecular formula is C21H21Cl2N9. The van der Waals surface area contributed by atoms with Crippen LogP contribution in [0.15, 0.2) is 52.1 Å². The zero-order valence-electron chi connectivity index (χ0n) is 17.0. The molecule has 1 saturated carbocycles. The Hall–Kier alpha value is -3.01. The van der Waals surface area contributed by atoms with Crippen LogP contribution in [0.3, 0.4) is 0 Å². The molecule has 5 rings (SSSR count). The molecule has 164 valence electrons. The Morgan fingerprint density at radius 1 is 1.19 bits per heavy atom. The number of nitrogen functional groups attached to an aromatic ring is 1. The Morgan fingerprint density at radius 3 is 2.72 bits per heavy atom. The number of hydrogen-bond acceptors (Lipinski definition) is 9. The van der Waals surface area contributed by atoms with Gasteiger partial charge < -0.3 is 11.5 Å². The Morgan fingerprint density at radius 2 is 2.00 bits per heavy atom. The molecule has 9 nitrogen and oxygen atoms in total. The lowest BCUT2D eigenvalue weighted by atomic mass is 10.0. The summed E-state index contributed by atoms with van der Waals surface area (Å²) in [5, 5.41) is 3.52. The molecule has 1 aromatic carbocycles. The molecule has 1 aliphatic carbocycles. The van der Waals surface area contributed by atoms with E-state index in [1.807, 2.05) is 23.1 Å². The lowest BCUT2D eigenvalue weighted by molar-refractivity contribution is 0.475. The van der Waals surface area contributed by atoms with E-state index >= 15 is 0 Å². The van der Waals surface area contributed by atoms with Gasteiger partial charge in [0.1, 0.15) is 35.4 Å². The number of benzene rings is 1. The molecule has 0 amide bonds. The fraction of sp³-hybridized carbons (Fsp3) is 0.286. The van der Waals surface area contributed by atoms with Crippen LogP contribution in [0.1, 0.15) is 18.4 Å². The van der Waals surface area contributed by atoms with Crippen molar-refractivity contribution in [3.63, 3.8) is 0 Å². The van der Waals surface area contributed by atoms with E-state index in [0.29, 0.717) is 39.9 Å². The van der Waals surface area contributed by atoms with Gasteiger partial charge in [-0.1, -0.05) is 24.2 Å². The zero-order chi connectivity index (χ0) is 22.4. The monoisotopic (exact) mass is 469 g/mol. The van der Waals surface area contributed by atoms with Gasteiger partial charge in [-0.2, -0.15) is 0 Å². The van der Waals surface area contributed by atoms with E-state index in [1.165, 1.54) is 12.5 Å². The smallest absolute Gasteiger partial charge is 0.157 e. The van der Waals surface area contributed by atoms with Crippen LogP contribution >= 0.6 is 23.2 Å². The van der Waals surface area contributed by atoms with Crippen LogP contribution in [0.4, 0.5) is 17.3 Å². The molecule has 0 radical (unpaired) electrons. The first-order chi connectivity index (χ1) is 15.4. The van der Waals surface area contributed by atoms with Gasteiger partial charge in [-0.15, -0.1) is 11.6 Å².